The molecule has 0 bridgehead atoms. The topological polar surface area (TPSA) is 39.5 Å². The summed E-state index contributed by atoms with van der Waals surface area (Å²) < 4.78 is 16.0. The maximum absolute atomic E-state index is 12.9. The second-order valence-corrected chi connectivity index (χ2v) is 9.04. The number of fused-ring (bicyclic) bond motifs is 2. The predicted molar refractivity (Wildman–Crippen MR) is 115 cm³/mol. The lowest BCUT2D eigenvalue weighted by atomic mass is 9.86. The number of aryl methyl sites for hydroxylation is 1. The SMILES string of the molecule is [C-]#[N+][C@@H](N[S@@+]([O-])c1ccc(C)cc1)C1c2ccccc2CSc2ccccc21. The van der Waals surface area contributed by atoms with Gasteiger partial charge in [-0.2, -0.15) is 0 Å². The van der Waals surface area contributed by atoms with Crippen LogP contribution in [0.15, 0.2) is 82.6 Å². The van der Waals surface area contributed by atoms with Crippen LogP contribution in [0, 0.1) is 13.5 Å². The highest BCUT2D eigenvalue weighted by Crippen LogP contribution is 2.42. The van der Waals surface area contributed by atoms with E-state index in [-0.39, 0.29) is 5.92 Å². The molecule has 0 aliphatic carbocycles. The third-order valence-corrected chi connectivity index (χ3v) is 7.24. The maximum Gasteiger partial charge on any atom is 0.325 e. The van der Waals surface area contributed by atoms with Crippen LogP contribution in [0.5, 0.6) is 0 Å². The first-order valence-electron chi connectivity index (χ1n) is 9.08. The zero-order chi connectivity index (χ0) is 19.5. The van der Waals surface area contributed by atoms with E-state index in [9.17, 15) is 4.55 Å². The molecule has 0 fully saturated rings. The van der Waals surface area contributed by atoms with Gasteiger partial charge < -0.3 is 4.55 Å². The molecule has 4 rings (SSSR count). The molecular formula is C23H20N2OS2. The van der Waals surface area contributed by atoms with E-state index in [1.54, 1.807) is 11.8 Å². The van der Waals surface area contributed by atoms with Crippen molar-refractivity contribution >= 4 is 23.1 Å². The van der Waals surface area contributed by atoms with Crippen LogP contribution in [0.1, 0.15) is 28.2 Å². The van der Waals surface area contributed by atoms with Crippen molar-refractivity contribution in [3.8, 4) is 0 Å². The van der Waals surface area contributed by atoms with Gasteiger partial charge in [0.25, 0.3) is 0 Å². The van der Waals surface area contributed by atoms with Crippen molar-refractivity contribution in [3.05, 3.63) is 106 Å². The molecule has 0 spiro atoms. The van der Waals surface area contributed by atoms with E-state index in [0.717, 1.165) is 22.4 Å². The van der Waals surface area contributed by atoms with Crippen LogP contribution >= 0.6 is 11.8 Å². The van der Waals surface area contributed by atoms with Crippen LogP contribution in [0.25, 0.3) is 4.85 Å². The highest BCUT2D eigenvalue weighted by atomic mass is 32.2. The van der Waals surface area contributed by atoms with Crippen molar-refractivity contribution in [3.63, 3.8) is 0 Å². The van der Waals surface area contributed by atoms with Crippen LogP contribution in [0.4, 0.5) is 0 Å². The summed E-state index contributed by atoms with van der Waals surface area (Å²) in [5.41, 5.74) is 4.60. The zero-order valence-corrected chi connectivity index (χ0v) is 17.1. The molecule has 28 heavy (non-hydrogen) atoms. The molecule has 0 amide bonds. The number of rotatable bonds is 4. The predicted octanol–water partition coefficient (Wildman–Crippen LogP) is 5.29. The van der Waals surface area contributed by atoms with Crippen molar-refractivity contribution in [2.45, 2.75) is 34.6 Å². The Morgan fingerprint density at radius 2 is 1.71 bits per heavy atom. The van der Waals surface area contributed by atoms with Crippen LogP contribution in [0.3, 0.4) is 0 Å². The quantitative estimate of drug-likeness (QED) is 0.474. The molecule has 1 heterocycles. The molecule has 3 aromatic carbocycles. The standard InChI is InChI=1S/C23H20N2OS2/c1-16-11-13-18(14-12-16)28(26)25-23(24-2)22-19-8-4-3-7-17(19)15-27-21-10-6-5-9-20(21)22/h3-14,22-23,25H,15H2,1H3/t22?,23-,28-/m0/s1. The molecule has 3 nitrogen and oxygen atoms in total. The summed E-state index contributed by atoms with van der Waals surface area (Å²) in [6.07, 6.45) is -0.622. The number of hydrogen-bond acceptors (Lipinski definition) is 3. The Morgan fingerprint density at radius 3 is 2.46 bits per heavy atom. The molecule has 3 aromatic rings. The summed E-state index contributed by atoms with van der Waals surface area (Å²) in [6.45, 7) is 9.86. The van der Waals surface area contributed by atoms with Crippen molar-refractivity contribution < 1.29 is 4.55 Å². The van der Waals surface area contributed by atoms with E-state index < -0.39 is 17.5 Å². The number of nitrogens with zero attached hydrogens (tertiary/aromatic N) is 1. The monoisotopic (exact) mass is 404 g/mol. The Hall–Kier alpha value is -2.23. The fraction of sp³-hybridized carbons (Fsp3) is 0.174. The summed E-state index contributed by atoms with van der Waals surface area (Å²) in [5, 5.41) is 0. The fourth-order valence-electron chi connectivity index (χ4n) is 3.51. The highest BCUT2D eigenvalue weighted by molar-refractivity contribution is 7.98. The van der Waals surface area contributed by atoms with Crippen LogP contribution in [0.2, 0.25) is 0 Å². The Balaban J connectivity index is 1.73. The van der Waals surface area contributed by atoms with E-state index >= 15 is 0 Å². The molecule has 0 aromatic heterocycles. The van der Waals surface area contributed by atoms with Gasteiger partial charge in [-0.25, -0.2) is 6.57 Å². The number of thioether (sulfide) groups is 1. The Morgan fingerprint density at radius 1 is 1.04 bits per heavy atom. The lowest BCUT2D eigenvalue weighted by Gasteiger charge is -2.22. The zero-order valence-electron chi connectivity index (χ0n) is 15.5. The first-order chi connectivity index (χ1) is 13.7. The average molecular weight is 405 g/mol. The average Bonchev–Trinajstić information content (AvgIpc) is 2.89. The molecule has 0 saturated heterocycles. The molecule has 3 atom stereocenters. The second-order valence-electron chi connectivity index (χ2n) is 6.78. The smallest absolute Gasteiger partial charge is 0.325 e. The van der Waals surface area contributed by atoms with Crippen LogP contribution in [-0.4, -0.2) is 10.7 Å². The van der Waals surface area contributed by atoms with Crippen LogP contribution in [-0.2, 0) is 17.1 Å². The van der Waals surface area contributed by atoms with Gasteiger partial charge in [0.15, 0.2) is 4.90 Å². The normalized spacial score (nSPS) is 17.5. The first-order valence-corrected chi connectivity index (χ1v) is 11.2. The van der Waals surface area contributed by atoms with Gasteiger partial charge in [-0.3, -0.25) is 4.85 Å². The summed E-state index contributed by atoms with van der Waals surface area (Å²) in [4.78, 5) is 5.74. The molecule has 0 saturated carbocycles. The Labute approximate surface area is 173 Å². The van der Waals surface area contributed by atoms with Gasteiger partial charge in [-0.1, -0.05) is 64.9 Å². The van der Waals surface area contributed by atoms with E-state index in [1.807, 2.05) is 55.5 Å². The second kappa shape index (κ2) is 8.42. The largest absolute Gasteiger partial charge is 0.593 e. The summed E-state index contributed by atoms with van der Waals surface area (Å²) in [6, 6.07) is 24.1. The molecule has 0 radical (unpaired) electrons. The third-order valence-electron chi connectivity index (χ3n) is 4.95. The van der Waals surface area contributed by atoms with Gasteiger partial charge in [0.05, 0.1) is 11.4 Å². The van der Waals surface area contributed by atoms with Crippen molar-refractivity contribution in [1.82, 2.24) is 4.72 Å². The van der Waals surface area contributed by atoms with E-state index in [4.69, 9.17) is 6.57 Å². The Bertz CT molecular complexity index is 966. The lowest BCUT2D eigenvalue weighted by Crippen LogP contribution is -2.37. The van der Waals surface area contributed by atoms with Crippen molar-refractivity contribution in [2.75, 3.05) is 0 Å². The summed E-state index contributed by atoms with van der Waals surface area (Å²) in [5.74, 6) is 0.699. The van der Waals surface area contributed by atoms with E-state index in [1.165, 1.54) is 10.5 Å². The minimum Gasteiger partial charge on any atom is -0.593 e. The number of benzene rings is 3. The van der Waals surface area contributed by atoms with Gasteiger partial charge >= 0.3 is 6.17 Å². The van der Waals surface area contributed by atoms with Gasteiger partial charge in [0, 0.05) is 10.6 Å². The lowest BCUT2D eigenvalue weighted by molar-refractivity contribution is 0.553. The van der Waals surface area contributed by atoms with Gasteiger partial charge in [-0.15, -0.1) is 11.8 Å². The fourth-order valence-corrected chi connectivity index (χ4v) is 5.55. The number of nitrogens with one attached hydrogen (secondary N) is 1. The maximum atomic E-state index is 12.9. The third kappa shape index (κ3) is 3.82. The minimum atomic E-state index is -1.45. The van der Waals surface area contributed by atoms with Gasteiger partial charge in [0.2, 0.25) is 0 Å². The highest BCUT2D eigenvalue weighted by Gasteiger charge is 2.38. The summed E-state index contributed by atoms with van der Waals surface area (Å²) >= 11 is 0.341. The molecule has 5 heteroatoms. The van der Waals surface area contributed by atoms with Gasteiger partial charge in [-0.05, 0) is 41.8 Å². The molecule has 140 valence electrons. The molecular weight excluding hydrogens is 384 g/mol. The first kappa shape index (κ1) is 19.1. The molecule has 1 aliphatic heterocycles. The molecule has 1 aliphatic rings. The molecule has 1 unspecified atom stereocenters. The van der Waals surface area contributed by atoms with E-state index in [0.29, 0.717) is 4.90 Å². The summed E-state index contributed by atoms with van der Waals surface area (Å²) in [7, 11) is 0. The van der Waals surface area contributed by atoms with Crippen molar-refractivity contribution in [1.29, 1.82) is 0 Å². The van der Waals surface area contributed by atoms with Gasteiger partial charge in [0.1, 0.15) is 5.92 Å². The molecule has 1 N–H and O–H groups in total. The van der Waals surface area contributed by atoms with Crippen molar-refractivity contribution in [2.24, 2.45) is 0 Å². The minimum absolute atomic E-state index is 0.172. The Kier molecular flexibility index (Phi) is 5.74. The van der Waals surface area contributed by atoms with Crippen LogP contribution < -0.4 is 4.72 Å². The van der Waals surface area contributed by atoms with E-state index in [2.05, 4.69) is 33.8 Å². The number of hydrogen-bond donors (Lipinski definition) is 1.